The molecule has 12 aromatic rings. The third kappa shape index (κ3) is 5.51. The van der Waals surface area contributed by atoms with E-state index in [9.17, 15) is 0 Å². The summed E-state index contributed by atoms with van der Waals surface area (Å²) in [5.74, 6) is 0. The molecule has 2 heterocycles. The van der Waals surface area contributed by atoms with Crippen LogP contribution in [0.3, 0.4) is 0 Å². The summed E-state index contributed by atoms with van der Waals surface area (Å²) in [6.07, 6.45) is 1.91. The van der Waals surface area contributed by atoms with Crippen LogP contribution in [0.5, 0.6) is 0 Å². The molecule has 0 amide bonds. The molecule has 3 heteroatoms. The van der Waals surface area contributed by atoms with Crippen LogP contribution in [0.15, 0.2) is 212 Å². The Hall–Kier alpha value is -7.88. The fraction of sp³-hybridized carbons (Fsp3) is 0. The lowest BCUT2D eigenvalue weighted by Gasteiger charge is -2.11. The van der Waals surface area contributed by atoms with Crippen molar-refractivity contribution in [1.29, 1.82) is 0 Å². The van der Waals surface area contributed by atoms with Crippen molar-refractivity contribution in [3.05, 3.63) is 212 Å². The zero-order valence-corrected chi connectivity index (χ0v) is 32.0. The molecule has 0 radical (unpaired) electrons. The van der Waals surface area contributed by atoms with E-state index in [0.717, 1.165) is 38.6 Å². The Morgan fingerprint density at radius 3 is 1.53 bits per heavy atom. The second-order valence-electron chi connectivity index (χ2n) is 15.4. The molecule has 59 heavy (non-hydrogen) atoms. The van der Waals surface area contributed by atoms with E-state index >= 15 is 0 Å². The number of hydrogen-bond donors (Lipinski definition) is 0. The van der Waals surface area contributed by atoms with E-state index in [1.54, 1.807) is 0 Å². The molecular formula is C56H35N3. The minimum Gasteiger partial charge on any atom is -0.309 e. The van der Waals surface area contributed by atoms with Gasteiger partial charge in [-0.05, 0) is 85.3 Å². The fourth-order valence-electron chi connectivity index (χ4n) is 9.07. The highest BCUT2D eigenvalue weighted by molar-refractivity contribution is 6.23. The van der Waals surface area contributed by atoms with Gasteiger partial charge in [0.1, 0.15) is 0 Å². The van der Waals surface area contributed by atoms with Gasteiger partial charge in [-0.15, -0.1) is 0 Å². The Labute approximate surface area is 341 Å². The van der Waals surface area contributed by atoms with Gasteiger partial charge in [-0.3, -0.25) is 4.98 Å². The van der Waals surface area contributed by atoms with Crippen molar-refractivity contribution in [1.82, 2.24) is 14.5 Å². The SMILES string of the molecule is c1cc(-c2ccc(-c3ccc4c5ccccc5n(-c5ccc6ccccc6c5)c4c3)cc2)cc(-c2ccc(-c3cnc4c5ccccc5c5ccccc5c4n3)cc2)c1. The third-order valence-corrected chi connectivity index (χ3v) is 12.0. The molecule has 0 fully saturated rings. The van der Waals surface area contributed by atoms with E-state index in [1.807, 2.05) is 6.20 Å². The van der Waals surface area contributed by atoms with Crippen LogP contribution in [-0.2, 0) is 0 Å². The van der Waals surface area contributed by atoms with Crippen LogP contribution in [0, 0.1) is 0 Å². The van der Waals surface area contributed by atoms with Crippen molar-refractivity contribution in [2.24, 2.45) is 0 Å². The van der Waals surface area contributed by atoms with Gasteiger partial charge < -0.3 is 4.57 Å². The summed E-state index contributed by atoms with van der Waals surface area (Å²) in [5.41, 5.74) is 14.5. The number of fused-ring (bicyclic) bond motifs is 10. The highest BCUT2D eigenvalue weighted by atomic mass is 15.0. The van der Waals surface area contributed by atoms with E-state index < -0.39 is 0 Å². The van der Waals surface area contributed by atoms with E-state index in [1.165, 1.54) is 76.9 Å². The van der Waals surface area contributed by atoms with Crippen molar-refractivity contribution in [2.45, 2.75) is 0 Å². The van der Waals surface area contributed by atoms with Crippen molar-refractivity contribution >= 4 is 65.2 Å². The molecular weight excluding hydrogens is 715 g/mol. The van der Waals surface area contributed by atoms with E-state index in [2.05, 4.69) is 211 Å². The van der Waals surface area contributed by atoms with Crippen LogP contribution in [0.4, 0.5) is 0 Å². The second-order valence-corrected chi connectivity index (χ2v) is 15.4. The summed E-state index contributed by atoms with van der Waals surface area (Å²) < 4.78 is 2.41. The van der Waals surface area contributed by atoms with Crippen LogP contribution < -0.4 is 0 Å². The molecule has 12 rings (SSSR count). The van der Waals surface area contributed by atoms with Gasteiger partial charge in [0.05, 0.1) is 34.0 Å². The van der Waals surface area contributed by atoms with Crippen LogP contribution in [0.1, 0.15) is 0 Å². The molecule has 274 valence electrons. The Kier molecular flexibility index (Phi) is 7.54. The van der Waals surface area contributed by atoms with Crippen molar-refractivity contribution in [2.75, 3.05) is 0 Å². The number of rotatable bonds is 5. The molecule has 3 nitrogen and oxygen atoms in total. The predicted molar refractivity (Wildman–Crippen MR) is 248 cm³/mol. The Bertz CT molecular complexity index is 3560. The summed E-state index contributed by atoms with van der Waals surface area (Å²) in [4.78, 5) is 10.2. The molecule has 0 saturated carbocycles. The molecule has 0 N–H and O–H groups in total. The first-order valence-electron chi connectivity index (χ1n) is 20.1. The maximum absolute atomic E-state index is 5.20. The summed E-state index contributed by atoms with van der Waals surface area (Å²) in [6.45, 7) is 0. The van der Waals surface area contributed by atoms with Crippen molar-refractivity contribution in [3.63, 3.8) is 0 Å². The largest absolute Gasteiger partial charge is 0.309 e. The minimum atomic E-state index is 0.868. The lowest BCUT2D eigenvalue weighted by atomic mass is 9.96. The molecule has 2 aromatic heterocycles. The Balaban J connectivity index is 0.852. The maximum Gasteiger partial charge on any atom is 0.0979 e. The first-order chi connectivity index (χ1) is 29.2. The lowest BCUT2D eigenvalue weighted by Crippen LogP contribution is -1.94. The topological polar surface area (TPSA) is 30.7 Å². The van der Waals surface area contributed by atoms with Gasteiger partial charge >= 0.3 is 0 Å². The third-order valence-electron chi connectivity index (χ3n) is 12.0. The quantitative estimate of drug-likeness (QED) is 0.164. The molecule has 0 aliphatic carbocycles. The average molecular weight is 750 g/mol. The fourth-order valence-corrected chi connectivity index (χ4v) is 9.07. The predicted octanol–water partition coefficient (Wildman–Crippen LogP) is 14.9. The number of hydrogen-bond acceptors (Lipinski definition) is 2. The number of aromatic nitrogens is 3. The summed E-state index contributed by atoms with van der Waals surface area (Å²) in [7, 11) is 0. The molecule has 0 saturated heterocycles. The molecule has 0 unspecified atom stereocenters. The summed E-state index contributed by atoms with van der Waals surface area (Å²) in [6, 6.07) is 74.4. The van der Waals surface area contributed by atoms with Gasteiger partial charge in [-0.25, -0.2) is 4.98 Å². The Morgan fingerprint density at radius 2 is 0.831 bits per heavy atom. The van der Waals surface area contributed by atoms with Gasteiger partial charge in [-0.1, -0.05) is 176 Å². The van der Waals surface area contributed by atoms with E-state index in [4.69, 9.17) is 9.97 Å². The van der Waals surface area contributed by atoms with Gasteiger partial charge in [0, 0.05) is 32.8 Å². The number of nitrogens with zero attached hydrogens (tertiary/aromatic N) is 3. The second kappa shape index (κ2) is 13.4. The van der Waals surface area contributed by atoms with Crippen molar-refractivity contribution < 1.29 is 0 Å². The number of para-hydroxylation sites is 1. The van der Waals surface area contributed by atoms with E-state index in [0.29, 0.717) is 0 Å². The monoisotopic (exact) mass is 749 g/mol. The standard InChI is InChI=1S/C56H35N3/c1-2-11-43-33-45(30-28-36(43)10-1)59-53-19-8-7-16-48(53)49-31-29-44(34-54(49)59)39-22-20-37(21-23-39)41-12-9-13-42(32-41)38-24-26-40(27-25-38)52-35-57-55-50-17-5-3-14-46(50)47-15-4-6-18-51(47)56(55)58-52/h1-35H. The number of benzene rings is 10. The summed E-state index contributed by atoms with van der Waals surface area (Å²) >= 11 is 0. The zero-order valence-electron chi connectivity index (χ0n) is 32.0. The van der Waals surface area contributed by atoms with Gasteiger partial charge in [-0.2, -0.15) is 0 Å². The normalized spacial score (nSPS) is 11.7. The van der Waals surface area contributed by atoms with Gasteiger partial charge in [0.2, 0.25) is 0 Å². The molecule has 10 aromatic carbocycles. The summed E-state index contributed by atoms with van der Waals surface area (Å²) in [5, 5.41) is 9.66. The molecule has 0 aliphatic heterocycles. The first kappa shape index (κ1) is 33.3. The maximum atomic E-state index is 5.20. The molecule has 0 spiro atoms. The van der Waals surface area contributed by atoms with Gasteiger partial charge in [0.15, 0.2) is 0 Å². The average Bonchev–Trinajstić information content (AvgIpc) is 3.65. The lowest BCUT2D eigenvalue weighted by molar-refractivity contribution is 1.19. The van der Waals surface area contributed by atoms with Crippen LogP contribution in [-0.4, -0.2) is 14.5 Å². The minimum absolute atomic E-state index is 0.868. The van der Waals surface area contributed by atoms with Gasteiger partial charge in [0.25, 0.3) is 0 Å². The molecule has 0 aliphatic rings. The Morgan fingerprint density at radius 1 is 0.305 bits per heavy atom. The zero-order chi connectivity index (χ0) is 38.9. The first-order valence-corrected chi connectivity index (χ1v) is 20.1. The molecule has 0 atom stereocenters. The van der Waals surface area contributed by atoms with Crippen LogP contribution in [0.2, 0.25) is 0 Å². The smallest absolute Gasteiger partial charge is 0.0979 e. The van der Waals surface area contributed by atoms with E-state index in [-0.39, 0.29) is 0 Å². The molecule has 0 bridgehead atoms. The highest BCUT2D eigenvalue weighted by Gasteiger charge is 2.15. The van der Waals surface area contributed by atoms with Crippen LogP contribution in [0.25, 0.3) is 115 Å². The van der Waals surface area contributed by atoms with Crippen molar-refractivity contribution in [3.8, 4) is 50.3 Å². The van der Waals surface area contributed by atoms with Crippen LogP contribution >= 0.6 is 0 Å². The highest BCUT2D eigenvalue weighted by Crippen LogP contribution is 2.38.